The SMILES string of the molecule is CN(Cc1cncnc1)C[C@@H]1N[C@H](CO)[C@@H]1c1ccc(-c2ccc(C#N)cc2)cc1. The highest BCUT2D eigenvalue weighted by atomic mass is 16.3. The number of nitrogens with one attached hydrogen (secondary N) is 1. The smallest absolute Gasteiger partial charge is 0.115 e. The highest BCUT2D eigenvalue weighted by molar-refractivity contribution is 5.64. The predicted molar refractivity (Wildman–Crippen MR) is 115 cm³/mol. The van der Waals surface area contributed by atoms with Gasteiger partial charge in [0.1, 0.15) is 6.33 Å². The molecule has 30 heavy (non-hydrogen) atoms. The van der Waals surface area contributed by atoms with E-state index in [1.165, 1.54) is 5.56 Å². The fraction of sp³-hybridized carbons (Fsp3) is 0.292. The molecule has 0 bridgehead atoms. The average Bonchev–Trinajstić information content (AvgIpc) is 2.77. The zero-order valence-electron chi connectivity index (χ0n) is 16.9. The number of rotatable bonds is 7. The maximum Gasteiger partial charge on any atom is 0.115 e. The Kier molecular flexibility index (Phi) is 6.15. The van der Waals surface area contributed by atoms with Gasteiger partial charge in [-0.05, 0) is 35.9 Å². The third-order valence-corrected chi connectivity index (χ3v) is 5.71. The summed E-state index contributed by atoms with van der Waals surface area (Å²) in [7, 11) is 2.09. The van der Waals surface area contributed by atoms with Gasteiger partial charge in [-0.15, -0.1) is 0 Å². The van der Waals surface area contributed by atoms with E-state index in [1.807, 2.05) is 36.7 Å². The molecular weight excluding hydrogens is 374 g/mol. The van der Waals surface area contributed by atoms with E-state index in [-0.39, 0.29) is 24.6 Å². The summed E-state index contributed by atoms with van der Waals surface area (Å²) in [5.41, 5.74) is 5.19. The van der Waals surface area contributed by atoms with Gasteiger partial charge >= 0.3 is 0 Å². The van der Waals surface area contributed by atoms with Crippen molar-refractivity contribution in [3.05, 3.63) is 83.9 Å². The summed E-state index contributed by atoms with van der Waals surface area (Å²) in [6, 6.07) is 18.7. The first kappa shape index (κ1) is 20.2. The molecule has 0 radical (unpaired) electrons. The number of aromatic nitrogens is 2. The molecule has 6 nitrogen and oxygen atoms in total. The summed E-state index contributed by atoms with van der Waals surface area (Å²) in [4.78, 5) is 10.4. The van der Waals surface area contributed by atoms with Gasteiger partial charge < -0.3 is 15.3 Å². The topological polar surface area (TPSA) is 85.1 Å². The molecule has 1 saturated heterocycles. The number of aliphatic hydroxyl groups excluding tert-OH is 1. The third-order valence-electron chi connectivity index (χ3n) is 5.71. The summed E-state index contributed by atoms with van der Waals surface area (Å²) in [6.45, 7) is 1.77. The molecule has 2 heterocycles. The number of hydrogen-bond acceptors (Lipinski definition) is 6. The minimum absolute atomic E-state index is 0.0734. The molecule has 1 aliphatic rings. The van der Waals surface area contributed by atoms with Crippen LogP contribution in [0.2, 0.25) is 0 Å². The van der Waals surface area contributed by atoms with Crippen molar-refractivity contribution in [3.8, 4) is 17.2 Å². The summed E-state index contributed by atoms with van der Waals surface area (Å²) in [6.07, 6.45) is 5.22. The Morgan fingerprint density at radius 2 is 1.63 bits per heavy atom. The van der Waals surface area contributed by atoms with Crippen molar-refractivity contribution in [2.24, 2.45) is 0 Å². The first-order chi connectivity index (χ1) is 14.7. The second kappa shape index (κ2) is 9.14. The van der Waals surface area contributed by atoms with Crippen LogP contribution < -0.4 is 5.32 Å². The van der Waals surface area contributed by atoms with E-state index >= 15 is 0 Å². The zero-order chi connectivity index (χ0) is 20.9. The van der Waals surface area contributed by atoms with Crippen LogP contribution in [-0.4, -0.2) is 52.3 Å². The van der Waals surface area contributed by atoms with Gasteiger partial charge in [0.25, 0.3) is 0 Å². The molecule has 0 aliphatic carbocycles. The number of aliphatic hydroxyl groups is 1. The van der Waals surface area contributed by atoms with Gasteiger partial charge in [-0.1, -0.05) is 36.4 Å². The molecule has 1 fully saturated rings. The summed E-state index contributed by atoms with van der Waals surface area (Å²) < 4.78 is 0. The van der Waals surface area contributed by atoms with Crippen molar-refractivity contribution in [3.63, 3.8) is 0 Å². The van der Waals surface area contributed by atoms with E-state index < -0.39 is 0 Å². The van der Waals surface area contributed by atoms with Gasteiger partial charge in [-0.3, -0.25) is 0 Å². The Morgan fingerprint density at radius 3 is 2.23 bits per heavy atom. The molecule has 4 rings (SSSR count). The first-order valence-electron chi connectivity index (χ1n) is 10.1. The van der Waals surface area contributed by atoms with E-state index in [1.54, 1.807) is 6.33 Å². The van der Waals surface area contributed by atoms with Crippen LogP contribution in [0.4, 0.5) is 0 Å². The molecule has 3 atom stereocenters. The van der Waals surface area contributed by atoms with E-state index in [4.69, 9.17) is 5.26 Å². The monoisotopic (exact) mass is 399 g/mol. The van der Waals surface area contributed by atoms with Crippen LogP contribution in [0.15, 0.2) is 67.3 Å². The number of nitrogens with zero attached hydrogens (tertiary/aromatic N) is 4. The second-order valence-corrected chi connectivity index (χ2v) is 7.84. The zero-order valence-corrected chi connectivity index (χ0v) is 16.9. The molecule has 0 amide bonds. The number of hydrogen-bond donors (Lipinski definition) is 2. The van der Waals surface area contributed by atoms with Crippen LogP contribution in [-0.2, 0) is 6.54 Å². The van der Waals surface area contributed by atoms with Crippen molar-refractivity contribution < 1.29 is 5.11 Å². The van der Waals surface area contributed by atoms with Gasteiger partial charge in [0.05, 0.1) is 18.2 Å². The van der Waals surface area contributed by atoms with E-state index in [9.17, 15) is 5.11 Å². The van der Waals surface area contributed by atoms with Crippen molar-refractivity contribution in [1.82, 2.24) is 20.2 Å². The minimum Gasteiger partial charge on any atom is -0.395 e. The molecule has 0 unspecified atom stereocenters. The number of likely N-dealkylation sites (N-methyl/N-ethyl adjacent to an activating group) is 1. The maximum atomic E-state index is 9.77. The number of nitriles is 1. The summed E-state index contributed by atoms with van der Waals surface area (Å²) in [5.74, 6) is 0.263. The second-order valence-electron chi connectivity index (χ2n) is 7.84. The fourth-order valence-electron chi connectivity index (χ4n) is 4.20. The molecule has 152 valence electrons. The van der Waals surface area contributed by atoms with Crippen LogP contribution in [0.3, 0.4) is 0 Å². The van der Waals surface area contributed by atoms with E-state index in [0.717, 1.165) is 29.8 Å². The summed E-state index contributed by atoms with van der Waals surface area (Å²) >= 11 is 0. The van der Waals surface area contributed by atoms with Crippen molar-refractivity contribution >= 4 is 0 Å². The van der Waals surface area contributed by atoms with E-state index in [0.29, 0.717) is 5.56 Å². The van der Waals surface area contributed by atoms with Gasteiger partial charge in [-0.2, -0.15) is 5.26 Å². The molecule has 3 aromatic rings. The highest BCUT2D eigenvalue weighted by Gasteiger charge is 2.41. The molecule has 2 N–H and O–H groups in total. The molecule has 1 aliphatic heterocycles. The lowest BCUT2D eigenvalue weighted by Crippen LogP contribution is -2.64. The Labute approximate surface area is 176 Å². The third kappa shape index (κ3) is 4.39. The normalized spacial score (nSPS) is 20.5. The minimum atomic E-state index is 0.0734. The van der Waals surface area contributed by atoms with Crippen LogP contribution in [0.5, 0.6) is 0 Å². The Bertz CT molecular complexity index is 999. The van der Waals surface area contributed by atoms with Gasteiger partial charge in [0, 0.05) is 49.0 Å². The number of benzene rings is 2. The molecule has 0 spiro atoms. The van der Waals surface area contributed by atoms with Gasteiger partial charge in [0.2, 0.25) is 0 Å². The quantitative estimate of drug-likeness (QED) is 0.635. The lowest BCUT2D eigenvalue weighted by Gasteiger charge is -2.47. The van der Waals surface area contributed by atoms with Crippen molar-refractivity contribution in [1.29, 1.82) is 5.26 Å². The maximum absolute atomic E-state index is 9.77. The lowest BCUT2D eigenvalue weighted by molar-refractivity contribution is 0.103. The first-order valence-corrected chi connectivity index (χ1v) is 10.1. The van der Waals surface area contributed by atoms with Crippen LogP contribution in [0.25, 0.3) is 11.1 Å². The van der Waals surface area contributed by atoms with Crippen LogP contribution in [0.1, 0.15) is 22.6 Å². The van der Waals surface area contributed by atoms with Crippen LogP contribution in [0, 0.1) is 11.3 Å². The largest absolute Gasteiger partial charge is 0.395 e. The Balaban J connectivity index is 1.44. The average molecular weight is 399 g/mol. The fourth-order valence-corrected chi connectivity index (χ4v) is 4.20. The Morgan fingerprint density at radius 1 is 1.00 bits per heavy atom. The van der Waals surface area contributed by atoms with Crippen LogP contribution >= 0.6 is 0 Å². The van der Waals surface area contributed by atoms with Gasteiger partial charge in [-0.25, -0.2) is 9.97 Å². The molecule has 2 aromatic carbocycles. The molecular formula is C24H25N5O. The molecule has 1 aromatic heterocycles. The van der Waals surface area contributed by atoms with Crippen molar-refractivity contribution in [2.75, 3.05) is 20.2 Å². The predicted octanol–water partition coefficient (Wildman–Crippen LogP) is 2.56. The summed E-state index contributed by atoms with van der Waals surface area (Å²) in [5, 5.41) is 22.2. The lowest BCUT2D eigenvalue weighted by atomic mass is 9.77. The standard InChI is InChI=1S/C24H25N5O/c1-29(13-18-11-26-16-27-12-18)14-22-24(23(15-30)28-22)21-8-6-20(7-9-21)19-4-2-17(10-25)3-5-19/h2-9,11-12,16,22-24,28,30H,13-15H2,1H3/t22-,23+,24+/m0/s1. The van der Waals surface area contributed by atoms with Gasteiger partial charge in [0.15, 0.2) is 0 Å². The Hall–Kier alpha value is -3.11. The molecule has 6 heteroatoms. The van der Waals surface area contributed by atoms with Crippen molar-refractivity contribution in [2.45, 2.75) is 24.5 Å². The highest BCUT2D eigenvalue weighted by Crippen LogP contribution is 2.34. The molecule has 0 saturated carbocycles. The van der Waals surface area contributed by atoms with E-state index in [2.05, 4.69) is 57.6 Å².